The molecule has 2 aromatic carbocycles. The van der Waals surface area contributed by atoms with E-state index in [2.05, 4.69) is 11.9 Å². The predicted octanol–water partition coefficient (Wildman–Crippen LogP) is 5.06. The van der Waals surface area contributed by atoms with Gasteiger partial charge in [0.25, 0.3) is 0 Å². The minimum Gasteiger partial charge on any atom is -0.493 e. The average molecular weight is 342 g/mol. The average Bonchev–Trinajstić information content (AvgIpc) is 2.62. The molecule has 0 radical (unpaired) electrons. The Bertz CT molecular complexity index is 860. The second kappa shape index (κ2) is 7.10. The SMILES string of the molecule is CCc1ncc(Cc2ccc(Cl)cc2)c2cc(OC)c(OC)cc12. The topological polar surface area (TPSA) is 31.4 Å². The Balaban J connectivity index is 2.15. The molecule has 3 aromatic rings. The molecule has 0 fully saturated rings. The number of hydrogen-bond acceptors (Lipinski definition) is 3. The summed E-state index contributed by atoms with van der Waals surface area (Å²) in [5, 5.41) is 3.01. The summed E-state index contributed by atoms with van der Waals surface area (Å²) in [7, 11) is 3.31. The number of fused-ring (bicyclic) bond motifs is 1. The van der Waals surface area contributed by atoms with Crippen LogP contribution < -0.4 is 9.47 Å². The first-order valence-corrected chi connectivity index (χ1v) is 8.31. The van der Waals surface area contributed by atoms with Gasteiger partial charge in [0.05, 0.1) is 14.2 Å². The van der Waals surface area contributed by atoms with Gasteiger partial charge in [0.15, 0.2) is 11.5 Å². The van der Waals surface area contributed by atoms with Crippen molar-refractivity contribution in [1.82, 2.24) is 4.98 Å². The fraction of sp³-hybridized carbons (Fsp3) is 0.250. The minimum atomic E-state index is 0.727. The van der Waals surface area contributed by atoms with Gasteiger partial charge in [-0.25, -0.2) is 0 Å². The van der Waals surface area contributed by atoms with Crippen LogP contribution >= 0.6 is 11.6 Å². The lowest BCUT2D eigenvalue weighted by Gasteiger charge is -2.14. The number of rotatable bonds is 5. The van der Waals surface area contributed by atoms with Crippen LogP contribution in [-0.4, -0.2) is 19.2 Å². The van der Waals surface area contributed by atoms with Crippen molar-refractivity contribution in [2.45, 2.75) is 19.8 Å². The van der Waals surface area contributed by atoms with Crippen LogP contribution in [0.3, 0.4) is 0 Å². The molecule has 24 heavy (non-hydrogen) atoms. The van der Waals surface area contributed by atoms with Gasteiger partial charge in [-0.2, -0.15) is 0 Å². The number of pyridine rings is 1. The number of ether oxygens (including phenoxy) is 2. The Morgan fingerprint density at radius 3 is 2.17 bits per heavy atom. The smallest absolute Gasteiger partial charge is 0.161 e. The Morgan fingerprint density at radius 2 is 1.58 bits per heavy atom. The zero-order valence-electron chi connectivity index (χ0n) is 14.1. The largest absolute Gasteiger partial charge is 0.493 e. The molecule has 0 amide bonds. The molecule has 0 spiro atoms. The van der Waals surface area contributed by atoms with Crippen molar-refractivity contribution < 1.29 is 9.47 Å². The summed E-state index contributed by atoms with van der Waals surface area (Å²) in [5.41, 5.74) is 3.41. The quantitative estimate of drug-likeness (QED) is 0.650. The molecule has 4 heteroatoms. The molecule has 0 aliphatic heterocycles. The zero-order valence-corrected chi connectivity index (χ0v) is 14.9. The summed E-state index contributed by atoms with van der Waals surface area (Å²) in [5.74, 6) is 1.46. The molecule has 3 rings (SSSR count). The third-order valence-corrected chi connectivity index (χ3v) is 4.45. The maximum atomic E-state index is 5.98. The van der Waals surface area contributed by atoms with E-state index in [0.29, 0.717) is 0 Å². The van der Waals surface area contributed by atoms with E-state index in [9.17, 15) is 0 Å². The number of aromatic nitrogens is 1. The van der Waals surface area contributed by atoms with Crippen LogP contribution in [0.5, 0.6) is 11.5 Å². The van der Waals surface area contributed by atoms with Crippen molar-refractivity contribution in [2.24, 2.45) is 0 Å². The molecule has 0 saturated heterocycles. The second-order valence-corrected chi connectivity index (χ2v) is 6.08. The number of aryl methyl sites for hydroxylation is 1. The van der Waals surface area contributed by atoms with Crippen LogP contribution in [0.25, 0.3) is 10.8 Å². The number of halogens is 1. The summed E-state index contributed by atoms with van der Waals surface area (Å²) < 4.78 is 10.9. The van der Waals surface area contributed by atoms with Crippen molar-refractivity contribution in [2.75, 3.05) is 14.2 Å². The lowest BCUT2D eigenvalue weighted by molar-refractivity contribution is 0.356. The summed E-state index contributed by atoms with van der Waals surface area (Å²) in [6.45, 7) is 2.11. The molecule has 0 aliphatic rings. The highest BCUT2D eigenvalue weighted by molar-refractivity contribution is 6.30. The Labute approximate surface area is 147 Å². The van der Waals surface area contributed by atoms with Crippen LogP contribution in [0.2, 0.25) is 5.02 Å². The van der Waals surface area contributed by atoms with E-state index in [-0.39, 0.29) is 0 Å². The maximum absolute atomic E-state index is 5.98. The van der Waals surface area contributed by atoms with Crippen LogP contribution in [0.15, 0.2) is 42.6 Å². The van der Waals surface area contributed by atoms with E-state index in [1.807, 2.05) is 42.6 Å². The molecule has 0 bridgehead atoms. The van der Waals surface area contributed by atoms with Gasteiger partial charge < -0.3 is 9.47 Å². The van der Waals surface area contributed by atoms with Gasteiger partial charge in [-0.15, -0.1) is 0 Å². The molecular weight excluding hydrogens is 322 g/mol. The third-order valence-electron chi connectivity index (χ3n) is 4.20. The van der Waals surface area contributed by atoms with E-state index in [1.54, 1.807) is 14.2 Å². The van der Waals surface area contributed by atoms with Crippen molar-refractivity contribution in [3.63, 3.8) is 0 Å². The summed E-state index contributed by atoms with van der Waals surface area (Å²) >= 11 is 5.98. The second-order valence-electron chi connectivity index (χ2n) is 5.64. The number of nitrogens with zero attached hydrogens (tertiary/aromatic N) is 1. The minimum absolute atomic E-state index is 0.727. The molecule has 3 nitrogen and oxygen atoms in total. The molecule has 0 atom stereocenters. The molecule has 0 N–H and O–H groups in total. The predicted molar refractivity (Wildman–Crippen MR) is 98.5 cm³/mol. The third kappa shape index (κ3) is 3.17. The fourth-order valence-corrected chi connectivity index (χ4v) is 3.05. The van der Waals surface area contributed by atoms with E-state index < -0.39 is 0 Å². The van der Waals surface area contributed by atoms with Gasteiger partial charge in [-0.1, -0.05) is 30.7 Å². The first-order chi connectivity index (χ1) is 11.7. The first kappa shape index (κ1) is 16.6. The lowest BCUT2D eigenvalue weighted by atomic mass is 9.98. The van der Waals surface area contributed by atoms with Crippen LogP contribution in [-0.2, 0) is 12.8 Å². The van der Waals surface area contributed by atoms with E-state index >= 15 is 0 Å². The van der Waals surface area contributed by atoms with Gasteiger partial charge in [-0.3, -0.25) is 4.98 Å². The van der Waals surface area contributed by atoms with Crippen LogP contribution in [0.4, 0.5) is 0 Å². The van der Waals surface area contributed by atoms with Gasteiger partial charge in [0, 0.05) is 22.3 Å². The highest BCUT2D eigenvalue weighted by atomic mass is 35.5. The monoisotopic (exact) mass is 341 g/mol. The van der Waals surface area contributed by atoms with Crippen LogP contribution in [0, 0.1) is 0 Å². The van der Waals surface area contributed by atoms with Gasteiger partial charge >= 0.3 is 0 Å². The summed E-state index contributed by atoms with van der Waals surface area (Å²) in [6, 6.07) is 12.0. The highest BCUT2D eigenvalue weighted by Crippen LogP contribution is 2.35. The number of methoxy groups -OCH3 is 2. The number of hydrogen-bond donors (Lipinski definition) is 0. The van der Waals surface area contributed by atoms with E-state index in [0.717, 1.165) is 51.4 Å². The summed E-state index contributed by atoms with van der Waals surface area (Å²) in [4.78, 5) is 4.65. The van der Waals surface area contributed by atoms with Gasteiger partial charge in [0.1, 0.15) is 0 Å². The maximum Gasteiger partial charge on any atom is 0.161 e. The molecule has 0 unspecified atom stereocenters. The molecule has 0 saturated carbocycles. The Kier molecular flexibility index (Phi) is 4.91. The Hall–Kier alpha value is -2.26. The van der Waals surface area contributed by atoms with Crippen molar-refractivity contribution in [1.29, 1.82) is 0 Å². The van der Waals surface area contributed by atoms with Crippen LogP contribution in [0.1, 0.15) is 23.7 Å². The normalized spacial score (nSPS) is 10.8. The van der Waals surface area contributed by atoms with E-state index in [1.165, 1.54) is 5.56 Å². The molecule has 1 aromatic heterocycles. The number of benzene rings is 2. The van der Waals surface area contributed by atoms with Crippen molar-refractivity contribution >= 4 is 22.4 Å². The fourth-order valence-electron chi connectivity index (χ4n) is 2.92. The molecule has 1 heterocycles. The van der Waals surface area contributed by atoms with E-state index in [4.69, 9.17) is 21.1 Å². The van der Waals surface area contributed by atoms with Crippen molar-refractivity contribution in [3.05, 3.63) is 64.4 Å². The molecular formula is C20H20ClNO2. The Morgan fingerprint density at radius 1 is 0.958 bits per heavy atom. The highest BCUT2D eigenvalue weighted by Gasteiger charge is 2.13. The van der Waals surface area contributed by atoms with Gasteiger partial charge in [-0.05, 0) is 53.6 Å². The lowest BCUT2D eigenvalue weighted by Crippen LogP contribution is -1.98. The first-order valence-electron chi connectivity index (χ1n) is 7.93. The standard InChI is InChI=1S/C20H20ClNO2/c1-4-18-17-11-20(24-3)19(23-2)10-16(17)14(12-22-18)9-13-5-7-15(21)8-6-13/h5-8,10-12H,4,9H2,1-3H3. The zero-order chi connectivity index (χ0) is 17.1. The molecule has 0 aliphatic carbocycles. The summed E-state index contributed by atoms with van der Waals surface area (Å²) in [6.07, 6.45) is 3.62. The van der Waals surface area contributed by atoms with Gasteiger partial charge in [0.2, 0.25) is 0 Å². The molecule has 124 valence electrons. The van der Waals surface area contributed by atoms with Crippen molar-refractivity contribution in [3.8, 4) is 11.5 Å².